The van der Waals surface area contributed by atoms with Gasteiger partial charge in [0.1, 0.15) is 5.65 Å². The number of anilines is 3. The molecule has 8 rings (SSSR count). The first-order valence-corrected chi connectivity index (χ1v) is 14.6. The summed E-state index contributed by atoms with van der Waals surface area (Å²) in [4.78, 5) is 17.6. The number of hydrogen-bond donors (Lipinski definition) is 0. The van der Waals surface area contributed by atoms with Crippen molar-refractivity contribution in [2.24, 2.45) is 0 Å². The lowest BCUT2D eigenvalue weighted by Gasteiger charge is -2.26. The maximum Gasteiger partial charge on any atom is 0.237 e. The van der Waals surface area contributed by atoms with Crippen molar-refractivity contribution in [1.29, 1.82) is 0 Å². The van der Waals surface area contributed by atoms with Crippen LogP contribution >= 0.6 is 0 Å². The van der Waals surface area contributed by atoms with Crippen molar-refractivity contribution in [3.8, 4) is 28.5 Å². The van der Waals surface area contributed by atoms with Crippen LogP contribution in [0.3, 0.4) is 0 Å². The Bertz CT molecular complexity index is 2110. The van der Waals surface area contributed by atoms with Gasteiger partial charge in [-0.15, -0.1) is 0 Å². The summed E-state index contributed by atoms with van der Waals surface area (Å²) in [6, 6.07) is 54.1. The van der Waals surface area contributed by atoms with E-state index in [4.69, 9.17) is 15.0 Å². The van der Waals surface area contributed by atoms with Crippen LogP contribution in [-0.2, 0) is 0 Å². The molecule has 0 fully saturated rings. The van der Waals surface area contributed by atoms with E-state index in [2.05, 4.69) is 113 Å². The van der Waals surface area contributed by atoms with E-state index in [1.807, 2.05) is 60.8 Å². The number of benzene rings is 5. The average Bonchev–Trinajstić information content (AvgIpc) is 3.45. The summed E-state index contributed by atoms with van der Waals surface area (Å²) >= 11 is 0. The minimum atomic E-state index is 0.567. The molecule has 0 atom stereocenters. The fraction of sp³-hybridized carbons (Fsp3) is 0. The number of rotatable bonds is 6. The summed E-state index contributed by atoms with van der Waals surface area (Å²) < 4.78 is 2.12. The Morgan fingerprint density at radius 1 is 0.477 bits per heavy atom. The van der Waals surface area contributed by atoms with Crippen molar-refractivity contribution < 1.29 is 0 Å². The first-order valence-electron chi connectivity index (χ1n) is 14.6. The third kappa shape index (κ3) is 4.48. The van der Waals surface area contributed by atoms with Crippen LogP contribution in [0.2, 0.25) is 0 Å². The molecule has 208 valence electrons. The molecule has 0 unspecified atom stereocenters. The molecule has 0 radical (unpaired) electrons. The molecule has 0 saturated heterocycles. The smallest absolute Gasteiger partial charge is 0.237 e. The second-order valence-electron chi connectivity index (χ2n) is 10.6. The van der Waals surface area contributed by atoms with Gasteiger partial charge in [0.2, 0.25) is 5.95 Å². The highest BCUT2D eigenvalue weighted by molar-refractivity contribution is 6.13. The normalized spacial score (nSPS) is 11.2. The molecule has 0 spiro atoms. The van der Waals surface area contributed by atoms with Crippen LogP contribution in [0.4, 0.5) is 17.1 Å². The molecule has 3 heterocycles. The van der Waals surface area contributed by atoms with Crippen molar-refractivity contribution in [2.75, 3.05) is 4.90 Å². The minimum Gasteiger partial charge on any atom is -0.308 e. The Balaban J connectivity index is 1.48. The van der Waals surface area contributed by atoms with E-state index in [9.17, 15) is 0 Å². The molecule has 0 bridgehead atoms. The predicted octanol–water partition coefficient (Wildman–Crippen LogP) is 9.77. The van der Waals surface area contributed by atoms with E-state index in [-0.39, 0.29) is 0 Å². The zero-order chi connectivity index (χ0) is 29.3. The molecule has 0 aliphatic rings. The third-order valence-electron chi connectivity index (χ3n) is 7.85. The molecule has 3 aromatic heterocycles. The minimum absolute atomic E-state index is 0.567. The quantitative estimate of drug-likeness (QED) is 0.201. The van der Waals surface area contributed by atoms with Crippen LogP contribution in [0.1, 0.15) is 0 Å². The summed E-state index contributed by atoms with van der Waals surface area (Å²) in [6.07, 6.45) is 1.84. The summed E-state index contributed by atoms with van der Waals surface area (Å²) in [5, 5.41) is 2.12. The molecule has 0 aliphatic carbocycles. The van der Waals surface area contributed by atoms with Gasteiger partial charge in [-0.05, 0) is 48.5 Å². The van der Waals surface area contributed by atoms with Crippen LogP contribution in [-0.4, -0.2) is 19.5 Å². The summed E-state index contributed by atoms with van der Waals surface area (Å²) in [5.41, 5.74) is 8.66. The SMILES string of the molecule is c1ccc(-c2cc(-c3ccccc3)nc(-n3c4ncccc4c4cccc(N(c5ccccc5)c5ccccc5)c43)n2)cc1. The Hall–Kier alpha value is -6.07. The Kier molecular flexibility index (Phi) is 6.39. The van der Waals surface area contributed by atoms with E-state index in [1.54, 1.807) is 0 Å². The lowest BCUT2D eigenvalue weighted by atomic mass is 10.1. The Labute approximate surface area is 255 Å². The third-order valence-corrected chi connectivity index (χ3v) is 7.85. The number of para-hydroxylation sites is 3. The van der Waals surface area contributed by atoms with E-state index >= 15 is 0 Å². The maximum atomic E-state index is 5.21. The second-order valence-corrected chi connectivity index (χ2v) is 10.6. The van der Waals surface area contributed by atoms with Crippen molar-refractivity contribution in [3.05, 3.63) is 164 Å². The lowest BCUT2D eigenvalue weighted by Crippen LogP contribution is -2.12. The van der Waals surface area contributed by atoms with Gasteiger partial charge in [0.25, 0.3) is 0 Å². The Morgan fingerprint density at radius 3 is 1.57 bits per heavy atom. The number of hydrogen-bond acceptors (Lipinski definition) is 4. The predicted molar refractivity (Wildman–Crippen MR) is 180 cm³/mol. The molecule has 44 heavy (non-hydrogen) atoms. The molecular formula is C39H27N5. The largest absolute Gasteiger partial charge is 0.308 e. The molecule has 0 saturated carbocycles. The fourth-order valence-corrected chi connectivity index (χ4v) is 5.88. The maximum absolute atomic E-state index is 5.21. The molecule has 5 heteroatoms. The molecule has 0 N–H and O–H groups in total. The molecule has 5 aromatic carbocycles. The van der Waals surface area contributed by atoms with Crippen LogP contribution in [0.5, 0.6) is 0 Å². The number of aromatic nitrogens is 4. The number of nitrogens with zero attached hydrogens (tertiary/aromatic N) is 5. The Morgan fingerprint density at radius 2 is 1.00 bits per heavy atom. The number of pyridine rings is 1. The van der Waals surface area contributed by atoms with E-state index in [1.165, 1.54) is 0 Å². The van der Waals surface area contributed by atoms with Gasteiger partial charge in [-0.3, -0.25) is 4.57 Å². The average molecular weight is 566 g/mol. The van der Waals surface area contributed by atoms with Gasteiger partial charge in [-0.25, -0.2) is 15.0 Å². The van der Waals surface area contributed by atoms with E-state index in [0.29, 0.717) is 5.95 Å². The highest BCUT2D eigenvalue weighted by atomic mass is 15.2. The van der Waals surface area contributed by atoms with Crippen molar-refractivity contribution in [3.63, 3.8) is 0 Å². The zero-order valence-corrected chi connectivity index (χ0v) is 23.8. The number of fused-ring (bicyclic) bond motifs is 3. The van der Waals surface area contributed by atoms with Crippen LogP contribution in [0.15, 0.2) is 164 Å². The van der Waals surface area contributed by atoms with Crippen LogP contribution in [0.25, 0.3) is 50.4 Å². The van der Waals surface area contributed by atoms with Gasteiger partial charge in [-0.1, -0.05) is 109 Å². The lowest BCUT2D eigenvalue weighted by molar-refractivity contribution is 0.980. The topological polar surface area (TPSA) is 46.8 Å². The zero-order valence-electron chi connectivity index (χ0n) is 23.8. The summed E-state index contributed by atoms with van der Waals surface area (Å²) in [6.45, 7) is 0. The first kappa shape index (κ1) is 25.6. The fourth-order valence-electron chi connectivity index (χ4n) is 5.88. The second kappa shape index (κ2) is 11.0. The molecule has 5 nitrogen and oxygen atoms in total. The van der Waals surface area contributed by atoms with Crippen LogP contribution < -0.4 is 4.90 Å². The van der Waals surface area contributed by atoms with Gasteiger partial charge < -0.3 is 4.90 Å². The monoisotopic (exact) mass is 565 g/mol. The van der Waals surface area contributed by atoms with Crippen molar-refractivity contribution >= 4 is 39.0 Å². The van der Waals surface area contributed by atoms with Crippen LogP contribution in [0, 0.1) is 0 Å². The summed E-state index contributed by atoms with van der Waals surface area (Å²) in [5.74, 6) is 0.567. The molecule has 0 amide bonds. The van der Waals surface area contributed by atoms with Crippen molar-refractivity contribution in [2.45, 2.75) is 0 Å². The highest BCUT2D eigenvalue weighted by Gasteiger charge is 2.23. The highest BCUT2D eigenvalue weighted by Crippen LogP contribution is 2.42. The van der Waals surface area contributed by atoms with Gasteiger partial charge in [0, 0.05) is 39.5 Å². The molecular weight excluding hydrogens is 538 g/mol. The van der Waals surface area contributed by atoms with Gasteiger partial charge >= 0.3 is 0 Å². The van der Waals surface area contributed by atoms with E-state index < -0.39 is 0 Å². The molecule has 8 aromatic rings. The summed E-state index contributed by atoms with van der Waals surface area (Å²) in [7, 11) is 0. The van der Waals surface area contributed by atoms with E-state index in [0.717, 1.165) is 61.5 Å². The van der Waals surface area contributed by atoms with Gasteiger partial charge in [-0.2, -0.15) is 0 Å². The van der Waals surface area contributed by atoms with Gasteiger partial charge in [0.05, 0.1) is 22.6 Å². The standard InChI is InChI=1S/C39H27N5/c1-5-15-28(16-6-1)34-27-35(29-17-7-2-8-18-29)42-39(41-34)44-37-32(33-24-14-26-40-38(33)44)23-13-25-36(37)43(30-19-9-3-10-20-30)31-21-11-4-12-22-31/h1-27H. The first-order chi connectivity index (χ1) is 21.8. The van der Waals surface area contributed by atoms with Crippen molar-refractivity contribution in [1.82, 2.24) is 19.5 Å². The molecule has 0 aliphatic heterocycles. The van der Waals surface area contributed by atoms with Gasteiger partial charge in [0.15, 0.2) is 0 Å².